The maximum Gasteiger partial charge on any atom is 0.325 e. The molecule has 1 unspecified atom stereocenters. The van der Waals surface area contributed by atoms with Crippen molar-refractivity contribution in [1.29, 1.82) is 0 Å². The molecule has 1 saturated heterocycles. The fraction of sp³-hybridized carbons (Fsp3) is 0.350. The van der Waals surface area contributed by atoms with Crippen LogP contribution < -0.4 is 5.32 Å². The largest absolute Gasteiger partial charge is 0.468 e. The van der Waals surface area contributed by atoms with Crippen LogP contribution in [0.15, 0.2) is 53.1 Å². The average molecular weight is 385 g/mol. The van der Waals surface area contributed by atoms with E-state index in [1.807, 2.05) is 30.3 Å². The molecule has 0 saturated carbocycles. The van der Waals surface area contributed by atoms with Gasteiger partial charge >= 0.3 is 5.97 Å². The van der Waals surface area contributed by atoms with Crippen LogP contribution in [0.25, 0.3) is 0 Å². The van der Waals surface area contributed by atoms with Crippen LogP contribution in [0.3, 0.4) is 0 Å². The van der Waals surface area contributed by atoms with Gasteiger partial charge in [-0.05, 0) is 17.7 Å². The van der Waals surface area contributed by atoms with E-state index in [0.717, 1.165) is 5.56 Å². The van der Waals surface area contributed by atoms with Gasteiger partial charge in [0.25, 0.3) is 5.91 Å². The van der Waals surface area contributed by atoms with Gasteiger partial charge < -0.3 is 19.4 Å². The van der Waals surface area contributed by atoms with Gasteiger partial charge in [0.15, 0.2) is 5.76 Å². The molecule has 8 heteroatoms. The number of benzene rings is 1. The Labute approximate surface area is 163 Å². The van der Waals surface area contributed by atoms with Gasteiger partial charge in [-0.25, -0.2) is 0 Å². The Kier molecular flexibility index (Phi) is 6.44. The van der Waals surface area contributed by atoms with Crippen LogP contribution in [0.5, 0.6) is 0 Å². The molecular formula is C20H23N3O5. The number of nitrogens with zero attached hydrogens (tertiary/aromatic N) is 2. The van der Waals surface area contributed by atoms with E-state index in [-0.39, 0.29) is 18.2 Å². The molecule has 1 atom stereocenters. The van der Waals surface area contributed by atoms with Crippen molar-refractivity contribution >= 4 is 17.8 Å². The van der Waals surface area contributed by atoms with Crippen LogP contribution in [0.2, 0.25) is 0 Å². The highest BCUT2D eigenvalue weighted by Crippen LogP contribution is 2.17. The number of carbonyl (C=O) groups is 3. The average Bonchev–Trinajstić information content (AvgIpc) is 3.27. The van der Waals surface area contributed by atoms with E-state index in [1.54, 1.807) is 12.1 Å². The molecule has 1 fully saturated rings. The van der Waals surface area contributed by atoms with Crippen molar-refractivity contribution in [3.8, 4) is 0 Å². The van der Waals surface area contributed by atoms with Crippen molar-refractivity contribution < 1.29 is 23.5 Å². The summed E-state index contributed by atoms with van der Waals surface area (Å²) in [6, 6.07) is 12.4. The smallest absolute Gasteiger partial charge is 0.325 e. The van der Waals surface area contributed by atoms with Crippen molar-refractivity contribution in [3.63, 3.8) is 0 Å². The number of carbonyl (C=O) groups excluding carboxylic acids is 3. The number of piperazine rings is 1. The first-order valence-electron chi connectivity index (χ1n) is 9.03. The monoisotopic (exact) mass is 385 g/mol. The third-order valence-electron chi connectivity index (χ3n) is 4.64. The van der Waals surface area contributed by atoms with Crippen LogP contribution in [0, 0.1) is 0 Å². The first-order chi connectivity index (χ1) is 13.6. The molecule has 2 heterocycles. The van der Waals surface area contributed by atoms with Gasteiger partial charge in [-0.15, -0.1) is 0 Å². The molecule has 0 spiro atoms. The molecule has 1 aromatic carbocycles. The second kappa shape index (κ2) is 9.18. The van der Waals surface area contributed by atoms with Crippen molar-refractivity contribution in [1.82, 2.24) is 15.1 Å². The second-order valence-electron chi connectivity index (χ2n) is 6.51. The molecular weight excluding hydrogens is 362 g/mol. The molecule has 2 aromatic rings. The fourth-order valence-corrected chi connectivity index (χ4v) is 3.18. The van der Waals surface area contributed by atoms with E-state index in [1.165, 1.54) is 18.3 Å². The molecule has 0 aliphatic carbocycles. The lowest BCUT2D eigenvalue weighted by atomic mass is 10.1. The van der Waals surface area contributed by atoms with Gasteiger partial charge in [0.2, 0.25) is 5.91 Å². The Morgan fingerprint density at radius 2 is 1.93 bits per heavy atom. The van der Waals surface area contributed by atoms with Gasteiger partial charge in [0.1, 0.15) is 12.6 Å². The Morgan fingerprint density at radius 1 is 1.14 bits per heavy atom. The van der Waals surface area contributed by atoms with Gasteiger partial charge in [-0.2, -0.15) is 0 Å². The number of hydrogen-bond acceptors (Lipinski definition) is 6. The SMILES string of the molecule is COC(=O)CNC(=O)C1CN(Cc2ccccc2)CCN1C(=O)c1ccco1. The minimum atomic E-state index is -0.736. The summed E-state index contributed by atoms with van der Waals surface area (Å²) in [6.07, 6.45) is 1.42. The molecule has 1 N–H and O–H groups in total. The van der Waals surface area contributed by atoms with Gasteiger partial charge in [-0.3, -0.25) is 19.3 Å². The van der Waals surface area contributed by atoms with E-state index in [0.29, 0.717) is 26.2 Å². The molecule has 8 nitrogen and oxygen atoms in total. The molecule has 28 heavy (non-hydrogen) atoms. The Bertz CT molecular complexity index is 807. The van der Waals surface area contributed by atoms with Crippen molar-refractivity contribution in [3.05, 3.63) is 60.1 Å². The molecule has 1 aliphatic rings. The van der Waals surface area contributed by atoms with Crippen molar-refractivity contribution in [2.75, 3.05) is 33.3 Å². The topological polar surface area (TPSA) is 92.1 Å². The first-order valence-corrected chi connectivity index (χ1v) is 9.03. The van der Waals surface area contributed by atoms with E-state index < -0.39 is 17.9 Å². The summed E-state index contributed by atoms with van der Waals surface area (Å²) in [5.41, 5.74) is 1.13. The summed E-state index contributed by atoms with van der Waals surface area (Å²) in [4.78, 5) is 40.5. The van der Waals surface area contributed by atoms with Gasteiger partial charge in [-0.1, -0.05) is 30.3 Å². The summed E-state index contributed by atoms with van der Waals surface area (Å²) in [6.45, 7) is 1.79. The normalized spacial score (nSPS) is 17.2. The highest BCUT2D eigenvalue weighted by molar-refractivity contribution is 5.96. The maximum atomic E-state index is 12.8. The lowest BCUT2D eigenvalue weighted by Gasteiger charge is -2.40. The zero-order valence-corrected chi connectivity index (χ0v) is 15.7. The molecule has 2 amide bonds. The summed E-state index contributed by atoms with van der Waals surface area (Å²) < 4.78 is 9.77. The number of amides is 2. The molecule has 0 radical (unpaired) electrons. The maximum absolute atomic E-state index is 12.8. The minimum Gasteiger partial charge on any atom is -0.468 e. The first kappa shape index (κ1) is 19.6. The number of furan rings is 1. The van der Waals surface area contributed by atoms with Crippen LogP contribution in [-0.2, 0) is 20.9 Å². The summed E-state index contributed by atoms with van der Waals surface area (Å²) in [7, 11) is 1.25. The quantitative estimate of drug-likeness (QED) is 0.743. The lowest BCUT2D eigenvalue weighted by Crippen LogP contribution is -2.60. The molecule has 1 aliphatic heterocycles. The third kappa shape index (κ3) is 4.77. The highest BCUT2D eigenvalue weighted by Gasteiger charge is 2.36. The van der Waals surface area contributed by atoms with E-state index in [2.05, 4.69) is 15.0 Å². The number of rotatable bonds is 6. The Balaban J connectivity index is 1.73. The van der Waals surface area contributed by atoms with Crippen molar-refractivity contribution in [2.45, 2.75) is 12.6 Å². The number of hydrogen-bond donors (Lipinski definition) is 1. The van der Waals surface area contributed by atoms with Crippen LogP contribution >= 0.6 is 0 Å². The molecule has 0 bridgehead atoms. The third-order valence-corrected chi connectivity index (χ3v) is 4.64. The number of nitrogens with one attached hydrogen (secondary N) is 1. The van der Waals surface area contributed by atoms with E-state index >= 15 is 0 Å². The highest BCUT2D eigenvalue weighted by atomic mass is 16.5. The number of ether oxygens (including phenoxy) is 1. The summed E-state index contributed by atoms with van der Waals surface area (Å²) in [5, 5.41) is 2.55. The Morgan fingerprint density at radius 3 is 2.61 bits per heavy atom. The van der Waals surface area contributed by atoms with E-state index in [4.69, 9.17) is 4.42 Å². The zero-order valence-electron chi connectivity index (χ0n) is 15.7. The molecule has 3 rings (SSSR count). The van der Waals surface area contributed by atoms with Crippen LogP contribution in [0.1, 0.15) is 16.1 Å². The second-order valence-corrected chi connectivity index (χ2v) is 6.51. The van der Waals surface area contributed by atoms with E-state index in [9.17, 15) is 14.4 Å². The zero-order chi connectivity index (χ0) is 19.9. The Hall–Kier alpha value is -3.13. The summed E-state index contributed by atoms with van der Waals surface area (Å²) in [5.74, 6) is -1.11. The molecule has 1 aromatic heterocycles. The predicted octanol–water partition coefficient (Wildman–Crippen LogP) is 0.895. The minimum absolute atomic E-state index is 0.183. The summed E-state index contributed by atoms with van der Waals surface area (Å²) >= 11 is 0. The fourth-order valence-electron chi connectivity index (χ4n) is 3.18. The van der Waals surface area contributed by atoms with Gasteiger partial charge in [0.05, 0.1) is 13.4 Å². The van der Waals surface area contributed by atoms with Gasteiger partial charge in [0, 0.05) is 26.2 Å². The van der Waals surface area contributed by atoms with Crippen molar-refractivity contribution in [2.24, 2.45) is 0 Å². The number of methoxy groups -OCH3 is 1. The van der Waals surface area contributed by atoms with Crippen LogP contribution in [-0.4, -0.2) is 66.9 Å². The predicted molar refractivity (Wildman–Crippen MR) is 100 cm³/mol. The molecule has 148 valence electrons. The standard InChI is InChI=1S/C20H23N3O5/c1-27-18(24)12-21-19(25)16-14-22(13-15-6-3-2-4-7-15)9-10-23(16)20(26)17-8-5-11-28-17/h2-8,11,16H,9-10,12-14H2,1H3,(H,21,25). The van der Waals surface area contributed by atoms with Crippen LogP contribution in [0.4, 0.5) is 0 Å². The number of esters is 1. The lowest BCUT2D eigenvalue weighted by molar-refractivity contribution is -0.142.